The molecule has 1 aliphatic carbocycles. The van der Waals surface area contributed by atoms with Crippen molar-refractivity contribution in [3.8, 4) is 11.1 Å². The number of rotatable bonds is 7. The van der Waals surface area contributed by atoms with Crippen LogP contribution in [0.4, 0.5) is 26.3 Å². The topological polar surface area (TPSA) is 74.7 Å². The van der Waals surface area contributed by atoms with Crippen LogP contribution in [0.5, 0.6) is 0 Å². The molecule has 0 unspecified atom stereocenters. The molecule has 12 heteroatoms. The van der Waals surface area contributed by atoms with Gasteiger partial charge >= 0.3 is 5.97 Å². The van der Waals surface area contributed by atoms with Crippen molar-refractivity contribution in [1.82, 2.24) is 4.31 Å². The Labute approximate surface area is 195 Å². The second-order valence-electron chi connectivity index (χ2n) is 7.88. The molecule has 0 bridgehead atoms. The summed E-state index contributed by atoms with van der Waals surface area (Å²) in [5, 5.41) is 8.92. The quantitative estimate of drug-likeness (QED) is 0.265. The third-order valence-electron chi connectivity index (χ3n) is 5.52. The van der Waals surface area contributed by atoms with Crippen LogP contribution in [-0.4, -0.2) is 29.8 Å². The Hall–Kier alpha value is -3.38. The van der Waals surface area contributed by atoms with E-state index < -0.39 is 73.9 Å². The first kappa shape index (κ1) is 24.7. The van der Waals surface area contributed by atoms with Crippen LogP contribution in [0.3, 0.4) is 0 Å². The molecule has 184 valence electrons. The van der Waals surface area contributed by atoms with E-state index in [0.717, 1.165) is 12.1 Å². The molecule has 0 aliphatic heterocycles. The van der Waals surface area contributed by atoms with Crippen LogP contribution < -0.4 is 0 Å². The van der Waals surface area contributed by atoms with Crippen LogP contribution in [0.15, 0.2) is 47.4 Å². The predicted molar refractivity (Wildman–Crippen MR) is 111 cm³/mol. The number of nitrogens with zero attached hydrogens (tertiary/aromatic N) is 1. The van der Waals surface area contributed by atoms with E-state index in [9.17, 15) is 39.6 Å². The molecule has 1 N–H and O–H groups in total. The number of hydrogen-bond acceptors (Lipinski definition) is 3. The minimum atomic E-state index is -5.11. The highest BCUT2D eigenvalue weighted by Gasteiger charge is 2.43. The van der Waals surface area contributed by atoms with Crippen LogP contribution in [0.1, 0.15) is 28.8 Å². The van der Waals surface area contributed by atoms with Gasteiger partial charge in [0.15, 0.2) is 28.2 Å². The molecule has 0 amide bonds. The van der Waals surface area contributed by atoms with Crippen molar-refractivity contribution in [2.45, 2.75) is 30.3 Å². The van der Waals surface area contributed by atoms with Gasteiger partial charge in [0.05, 0.1) is 5.56 Å². The zero-order valence-corrected chi connectivity index (χ0v) is 18.4. The lowest BCUT2D eigenvalue weighted by molar-refractivity contribution is 0.0692. The fourth-order valence-corrected chi connectivity index (χ4v) is 5.34. The highest BCUT2D eigenvalue weighted by Crippen LogP contribution is 2.37. The normalized spacial score (nSPS) is 13.9. The van der Waals surface area contributed by atoms with Gasteiger partial charge in [-0.15, -0.1) is 0 Å². The van der Waals surface area contributed by atoms with E-state index in [2.05, 4.69) is 0 Å². The van der Waals surface area contributed by atoms with Gasteiger partial charge in [0.2, 0.25) is 15.8 Å². The third-order valence-corrected chi connectivity index (χ3v) is 7.43. The average molecular weight is 515 g/mol. The van der Waals surface area contributed by atoms with Gasteiger partial charge in [-0.25, -0.2) is 39.6 Å². The summed E-state index contributed by atoms with van der Waals surface area (Å²) in [4.78, 5) is 9.04. The number of carbonyl (C=O) groups is 1. The lowest BCUT2D eigenvalue weighted by Crippen LogP contribution is -2.34. The minimum Gasteiger partial charge on any atom is -0.478 e. The Morgan fingerprint density at radius 1 is 0.829 bits per heavy atom. The summed E-state index contributed by atoms with van der Waals surface area (Å²) >= 11 is 0. The average Bonchev–Trinajstić information content (AvgIpc) is 3.65. The van der Waals surface area contributed by atoms with E-state index >= 15 is 0 Å². The van der Waals surface area contributed by atoms with Gasteiger partial charge in [-0.2, -0.15) is 4.31 Å². The third kappa shape index (κ3) is 4.50. The summed E-state index contributed by atoms with van der Waals surface area (Å²) in [6, 6.07) is 8.67. The number of carboxylic acids is 1. The molecule has 0 atom stereocenters. The van der Waals surface area contributed by atoms with Crippen molar-refractivity contribution in [3.63, 3.8) is 0 Å². The van der Waals surface area contributed by atoms with Crippen molar-refractivity contribution in [2.75, 3.05) is 0 Å². The standard InChI is InChI=1S/C23H15F6NO4S/c24-16-9-13(5-8-15(16)23(31)32)12-3-1-11(2-4-12)10-30(14-6-7-14)35(33,34)22-20(28)18(26)17(25)19(27)21(22)29/h1-5,8-9,14H,6-7,10H2,(H,31,32). The molecule has 0 radical (unpaired) electrons. The molecule has 1 aliphatic rings. The second-order valence-corrected chi connectivity index (χ2v) is 9.70. The van der Waals surface area contributed by atoms with Crippen molar-refractivity contribution in [1.29, 1.82) is 0 Å². The first-order valence-corrected chi connectivity index (χ1v) is 11.5. The van der Waals surface area contributed by atoms with Crippen molar-refractivity contribution < 1.29 is 44.7 Å². The molecule has 0 spiro atoms. The highest BCUT2D eigenvalue weighted by atomic mass is 32.2. The van der Waals surface area contributed by atoms with E-state index in [4.69, 9.17) is 5.11 Å². The van der Waals surface area contributed by atoms with E-state index in [1.165, 1.54) is 30.3 Å². The number of sulfonamides is 1. The number of halogens is 6. The molecule has 3 aromatic rings. The summed E-state index contributed by atoms with van der Waals surface area (Å²) in [7, 11) is -5.11. The number of benzene rings is 3. The molecule has 0 saturated heterocycles. The van der Waals surface area contributed by atoms with E-state index in [1.54, 1.807) is 0 Å². The second kappa shape index (κ2) is 9.00. The maximum atomic E-state index is 14.2. The summed E-state index contributed by atoms with van der Waals surface area (Å²) < 4.78 is 110. The zero-order chi connectivity index (χ0) is 25.7. The molecule has 1 fully saturated rings. The molecule has 5 nitrogen and oxygen atoms in total. The SMILES string of the molecule is O=C(O)c1ccc(-c2ccc(CN(C3CC3)S(=O)(=O)c3c(F)c(F)c(F)c(F)c3F)cc2)cc1F. The molecule has 0 aromatic heterocycles. The Bertz CT molecular complexity index is 1410. The zero-order valence-electron chi connectivity index (χ0n) is 17.5. The molecule has 4 rings (SSSR count). The van der Waals surface area contributed by atoms with Gasteiger partial charge in [0, 0.05) is 12.6 Å². The lowest BCUT2D eigenvalue weighted by atomic mass is 10.0. The molecule has 35 heavy (non-hydrogen) atoms. The van der Waals surface area contributed by atoms with Gasteiger partial charge < -0.3 is 5.11 Å². The highest BCUT2D eigenvalue weighted by molar-refractivity contribution is 7.89. The van der Waals surface area contributed by atoms with Gasteiger partial charge in [-0.3, -0.25) is 0 Å². The molecule has 0 heterocycles. The van der Waals surface area contributed by atoms with Crippen LogP contribution in [0.25, 0.3) is 11.1 Å². The first-order chi connectivity index (χ1) is 16.4. The maximum absolute atomic E-state index is 14.2. The summed E-state index contributed by atoms with van der Waals surface area (Å²) in [6.07, 6.45) is 0.670. The minimum absolute atomic E-state index is 0.329. The van der Waals surface area contributed by atoms with Crippen LogP contribution in [-0.2, 0) is 16.6 Å². The summed E-state index contributed by atoms with van der Waals surface area (Å²) in [5.41, 5.74) is 0.622. The van der Waals surface area contributed by atoms with Crippen molar-refractivity contribution in [3.05, 3.63) is 88.5 Å². The largest absolute Gasteiger partial charge is 0.478 e. The first-order valence-electron chi connectivity index (χ1n) is 10.1. The Balaban J connectivity index is 1.65. The molecular weight excluding hydrogens is 500 g/mol. The molecular formula is C23H15F6NO4S. The van der Waals surface area contributed by atoms with Gasteiger partial charge in [0.1, 0.15) is 5.82 Å². The van der Waals surface area contributed by atoms with Gasteiger partial charge in [-0.1, -0.05) is 30.3 Å². The predicted octanol–water partition coefficient (Wildman–Crippen LogP) is 5.24. The summed E-state index contributed by atoms with van der Waals surface area (Å²) in [6.45, 7) is -0.418. The Morgan fingerprint density at radius 3 is 1.83 bits per heavy atom. The van der Waals surface area contributed by atoms with Crippen LogP contribution >= 0.6 is 0 Å². The fourth-order valence-electron chi connectivity index (χ4n) is 3.55. The number of carboxylic acid groups (broad SMARTS) is 1. The van der Waals surface area contributed by atoms with E-state index in [-0.39, 0.29) is 0 Å². The smallest absolute Gasteiger partial charge is 0.338 e. The van der Waals surface area contributed by atoms with Crippen molar-refractivity contribution in [2.24, 2.45) is 0 Å². The van der Waals surface area contributed by atoms with E-state index in [0.29, 0.717) is 33.8 Å². The molecule has 1 saturated carbocycles. The fraction of sp³-hybridized carbons (Fsp3) is 0.174. The van der Waals surface area contributed by atoms with E-state index in [1.807, 2.05) is 0 Å². The Morgan fingerprint density at radius 2 is 1.34 bits per heavy atom. The van der Waals surface area contributed by atoms with Crippen LogP contribution in [0, 0.1) is 34.9 Å². The summed E-state index contributed by atoms with van der Waals surface area (Å²) in [5.74, 6) is -14.4. The van der Waals surface area contributed by atoms with Gasteiger partial charge in [0.25, 0.3) is 0 Å². The lowest BCUT2D eigenvalue weighted by Gasteiger charge is -2.23. The van der Waals surface area contributed by atoms with Gasteiger partial charge in [-0.05, 0) is 41.7 Å². The Kier molecular flexibility index (Phi) is 6.36. The molecule has 3 aromatic carbocycles. The van der Waals surface area contributed by atoms with Crippen molar-refractivity contribution >= 4 is 16.0 Å². The van der Waals surface area contributed by atoms with Crippen LogP contribution in [0.2, 0.25) is 0 Å². The monoisotopic (exact) mass is 515 g/mol. The number of hydrogen-bond donors (Lipinski definition) is 1. The maximum Gasteiger partial charge on any atom is 0.338 e. The number of aromatic carboxylic acids is 1.